The highest BCUT2D eigenvalue weighted by atomic mass is 79.9. The molecule has 3 aliphatic heterocycles. The smallest absolute Gasteiger partial charge is 0.344 e. The van der Waals surface area contributed by atoms with Crippen molar-refractivity contribution in [1.82, 2.24) is 9.97 Å². The van der Waals surface area contributed by atoms with Gasteiger partial charge in [0.2, 0.25) is 0 Å². The third-order valence-corrected chi connectivity index (χ3v) is 9.02. The van der Waals surface area contributed by atoms with Crippen LogP contribution in [0.1, 0.15) is 49.8 Å². The Hall–Kier alpha value is -1.88. The molecular weight excluding hydrogens is 532 g/mol. The van der Waals surface area contributed by atoms with Crippen LogP contribution in [0.5, 0.6) is 0 Å². The molecule has 5 heterocycles. The predicted octanol–water partition coefficient (Wildman–Crippen LogP) is 0.101. The van der Waals surface area contributed by atoms with Crippen molar-refractivity contribution in [2.75, 3.05) is 31.5 Å². The molecule has 1 saturated carbocycles. The van der Waals surface area contributed by atoms with E-state index in [9.17, 15) is 14.7 Å². The number of aliphatic hydroxyl groups is 1. The summed E-state index contributed by atoms with van der Waals surface area (Å²) in [5.41, 5.74) is -1.01. The number of ether oxygens (including phenoxy) is 1. The summed E-state index contributed by atoms with van der Waals surface area (Å²) < 4.78 is 6.75. The number of carbonyl (C=O) groups excluding carboxylic acids is 2. The third-order valence-electron chi connectivity index (χ3n) is 8.03. The van der Waals surface area contributed by atoms with Crippen LogP contribution in [0.2, 0.25) is 0 Å². The number of nitrogens with zero attached hydrogens (tertiary/aromatic N) is 3. The van der Waals surface area contributed by atoms with Crippen molar-refractivity contribution >= 4 is 28.9 Å². The summed E-state index contributed by atoms with van der Waals surface area (Å²) in [7, 11) is 0. The molecule has 0 aromatic carbocycles. The molecule has 2 aromatic heterocycles. The molecule has 4 aliphatic rings. The summed E-state index contributed by atoms with van der Waals surface area (Å²) in [6, 6.07) is 3.73. The lowest BCUT2D eigenvalue weighted by atomic mass is 9.75. The number of nitrogens with one attached hydrogen (secondary N) is 1. The van der Waals surface area contributed by atoms with Crippen molar-refractivity contribution in [3.05, 3.63) is 41.1 Å². The van der Waals surface area contributed by atoms with Crippen LogP contribution in [0.3, 0.4) is 0 Å². The number of piperidine rings is 3. The van der Waals surface area contributed by atoms with Crippen molar-refractivity contribution in [3.8, 4) is 0 Å². The molecule has 35 heavy (non-hydrogen) atoms. The Labute approximate surface area is 220 Å². The Morgan fingerprint density at radius 3 is 2.51 bits per heavy atom. The molecule has 2 N–H and O–H groups in total. The predicted molar refractivity (Wildman–Crippen MR) is 128 cm³/mol. The van der Waals surface area contributed by atoms with Gasteiger partial charge in [0.1, 0.15) is 12.9 Å². The van der Waals surface area contributed by atoms with Crippen molar-refractivity contribution in [3.63, 3.8) is 0 Å². The number of hydrogen-bond acceptors (Lipinski definition) is 7. The van der Waals surface area contributed by atoms with Gasteiger partial charge in [-0.25, -0.2) is 14.8 Å². The molecule has 4 fully saturated rings. The summed E-state index contributed by atoms with van der Waals surface area (Å²) in [4.78, 5) is 35.0. The topological polar surface area (TPSA) is 101 Å². The van der Waals surface area contributed by atoms with Gasteiger partial charge in [-0.15, -0.1) is 11.3 Å². The zero-order valence-electron chi connectivity index (χ0n) is 19.8. The molecule has 2 atom stereocenters. The summed E-state index contributed by atoms with van der Waals surface area (Å²) in [6.07, 6.45) is 11.0. The van der Waals surface area contributed by atoms with E-state index in [4.69, 9.17) is 4.74 Å². The molecule has 8 nitrogen and oxygen atoms in total. The van der Waals surface area contributed by atoms with Gasteiger partial charge < -0.3 is 36.6 Å². The van der Waals surface area contributed by atoms with Gasteiger partial charge in [-0.05, 0) is 24.3 Å². The van der Waals surface area contributed by atoms with E-state index in [-0.39, 0.29) is 40.8 Å². The summed E-state index contributed by atoms with van der Waals surface area (Å²) >= 11 is 1.42. The van der Waals surface area contributed by atoms with E-state index in [2.05, 4.69) is 15.3 Å². The highest BCUT2D eigenvalue weighted by molar-refractivity contribution is 7.10. The molecule has 190 valence electrons. The highest BCUT2D eigenvalue weighted by Crippen LogP contribution is 2.43. The average molecular weight is 566 g/mol. The molecular formula is C25H33BrN4O4S. The van der Waals surface area contributed by atoms with Gasteiger partial charge in [-0.2, -0.15) is 0 Å². The molecule has 3 saturated heterocycles. The van der Waals surface area contributed by atoms with Crippen molar-refractivity contribution < 1.29 is 40.9 Å². The lowest BCUT2D eigenvalue weighted by Crippen LogP contribution is -3.00. The number of fused-ring (bicyclic) bond motifs is 3. The summed E-state index contributed by atoms with van der Waals surface area (Å²) in [6.45, 7) is 2.73. The molecule has 6 rings (SSSR count). The monoisotopic (exact) mass is 564 g/mol. The minimum Gasteiger partial charge on any atom is -1.00 e. The van der Waals surface area contributed by atoms with Gasteiger partial charge in [0.05, 0.1) is 31.2 Å². The van der Waals surface area contributed by atoms with E-state index in [1.807, 2.05) is 17.5 Å². The Morgan fingerprint density at radius 1 is 1.14 bits per heavy atom. The fourth-order valence-corrected chi connectivity index (χ4v) is 7.05. The van der Waals surface area contributed by atoms with E-state index < -0.39 is 11.6 Å². The Kier molecular flexibility index (Phi) is 8.25. The molecule has 10 heteroatoms. The molecule has 1 aliphatic carbocycles. The van der Waals surface area contributed by atoms with Crippen LogP contribution in [0.25, 0.3) is 0 Å². The summed E-state index contributed by atoms with van der Waals surface area (Å²) in [5, 5.41) is 16.6. The molecule has 1 unspecified atom stereocenters. The summed E-state index contributed by atoms with van der Waals surface area (Å²) in [5.74, 6) is -0.425. The van der Waals surface area contributed by atoms with Crippen LogP contribution in [-0.4, -0.2) is 63.7 Å². The standard InChI is InChI=1S/C25H32N4O4S.BrH/c30-23(28-20-13-26-17-27-14-20)16-29-10-8-18(9-11-29)21(15-29)33-24(31)25(32,22-7-4-12-34-22)19-5-2-1-3-6-19;/h4,7,12-14,17-19,21,32H,1-3,5-6,8-11,15-16H2;1H/t18?,21-,25?,29?;/m0./s1. The second-order valence-electron chi connectivity index (χ2n) is 10.2. The average Bonchev–Trinajstić information content (AvgIpc) is 3.40. The SMILES string of the molecule is O=C(C[N+]12CCC(CC1)[C@@H](OC(=O)C(O)(c1cccs1)C1CCCCC1)C2)Nc1cncnc1.[Br-]. The molecule has 2 bridgehead atoms. The lowest BCUT2D eigenvalue weighted by Gasteiger charge is -2.52. The number of aromatic nitrogens is 2. The van der Waals surface area contributed by atoms with E-state index in [0.717, 1.165) is 58.0 Å². The normalized spacial score (nSPS) is 27.9. The number of thiophene rings is 1. The largest absolute Gasteiger partial charge is 1.00 e. The van der Waals surface area contributed by atoms with Crippen molar-refractivity contribution in [1.29, 1.82) is 0 Å². The first-order valence-electron chi connectivity index (χ1n) is 12.4. The third kappa shape index (κ3) is 5.45. The molecule has 0 spiro atoms. The fourth-order valence-electron chi connectivity index (χ4n) is 6.16. The van der Waals surface area contributed by atoms with Gasteiger partial charge in [-0.1, -0.05) is 25.3 Å². The number of anilines is 1. The van der Waals surface area contributed by atoms with Crippen LogP contribution < -0.4 is 22.3 Å². The van der Waals surface area contributed by atoms with Gasteiger partial charge in [0.25, 0.3) is 5.91 Å². The fraction of sp³-hybridized carbons (Fsp3) is 0.600. The minimum atomic E-state index is -1.59. The quantitative estimate of drug-likeness (QED) is 0.365. The number of quaternary nitrogens is 1. The molecule has 2 aromatic rings. The minimum absolute atomic E-state index is 0. The maximum atomic E-state index is 13.6. The van der Waals surface area contributed by atoms with Crippen molar-refractivity contribution in [2.45, 2.75) is 56.7 Å². The van der Waals surface area contributed by atoms with Gasteiger partial charge in [0.15, 0.2) is 18.2 Å². The maximum absolute atomic E-state index is 13.6. The van der Waals surface area contributed by atoms with Crippen molar-refractivity contribution in [2.24, 2.45) is 11.8 Å². The maximum Gasteiger partial charge on any atom is 0.344 e. The van der Waals surface area contributed by atoms with Crippen LogP contribution >= 0.6 is 11.3 Å². The number of amides is 1. The zero-order chi connectivity index (χ0) is 23.6. The van der Waals surface area contributed by atoms with E-state index in [1.165, 1.54) is 17.7 Å². The van der Waals surface area contributed by atoms with Crippen LogP contribution in [0, 0.1) is 11.8 Å². The Bertz CT molecular complexity index is 994. The van der Waals surface area contributed by atoms with E-state index in [1.54, 1.807) is 12.4 Å². The number of halogens is 1. The highest BCUT2D eigenvalue weighted by Gasteiger charge is 2.53. The Balaban J connectivity index is 0.00000289. The van der Waals surface area contributed by atoms with Gasteiger partial charge in [0, 0.05) is 29.6 Å². The molecule has 1 amide bonds. The second-order valence-corrected chi connectivity index (χ2v) is 11.1. The first-order valence-corrected chi connectivity index (χ1v) is 13.2. The second kappa shape index (κ2) is 11.0. The number of hydrogen-bond donors (Lipinski definition) is 2. The number of rotatable bonds is 7. The lowest BCUT2D eigenvalue weighted by molar-refractivity contribution is -0.939. The number of carbonyl (C=O) groups is 2. The molecule has 0 radical (unpaired) electrons. The van der Waals surface area contributed by atoms with Gasteiger partial charge >= 0.3 is 5.97 Å². The van der Waals surface area contributed by atoms with Crippen LogP contribution in [-0.2, 0) is 19.9 Å². The first kappa shape index (κ1) is 26.2. The van der Waals surface area contributed by atoms with Gasteiger partial charge in [-0.3, -0.25) is 4.79 Å². The van der Waals surface area contributed by atoms with Crippen LogP contribution in [0.4, 0.5) is 5.69 Å². The van der Waals surface area contributed by atoms with Crippen LogP contribution in [0.15, 0.2) is 36.2 Å². The van der Waals surface area contributed by atoms with E-state index >= 15 is 0 Å². The first-order chi connectivity index (χ1) is 16.5. The zero-order valence-corrected chi connectivity index (χ0v) is 22.2. The number of esters is 1. The van der Waals surface area contributed by atoms with E-state index in [0.29, 0.717) is 28.1 Å². The Morgan fingerprint density at radius 2 is 1.86 bits per heavy atom.